The summed E-state index contributed by atoms with van der Waals surface area (Å²) < 4.78 is 0. The van der Waals surface area contributed by atoms with E-state index >= 15 is 0 Å². The SMILES string of the molecule is CCCC(C)SC(CC)C(C)C. The van der Waals surface area contributed by atoms with Crippen LogP contribution >= 0.6 is 11.8 Å². The van der Waals surface area contributed by atoms with Crippen LogP contribution in [0.4, 0.5) is 0 Å². The smallest absolute Gasteiger partial charge is 0.00701 e. The Morgan fingerprint density at radius 1 is 1.08 bits per heavy atom. The Morgan fingerprint density at radius 3 is 2.00 bits per heavy atom. The summed E-state index contributed by atoms with van der Waals surface area (Å²) in [6.45, 7) is 11.6. The van der Waals surface area contributed by atoms with Gasteiger partial charge in [0, 0.05) is 10.5 Å². The fourth-order valence-electron chi connectivity index (χ4n) is 1.50. The Kier molecular flexibility index (Phi) is 7.02. The maximum atomic E-state index is 2.36. The quantitative estimate of drug-likeness (QED) is 0.597. The van der Waals surface area contributed by atoms with Gasteiger partial charge in [0.25, 0.3) is 0 Å². The molecule has 0 rings (SSSR count). The van der Waals surface area contributed by atoms with Crippen LogP contribution in [-0.4, -0.2) is 10.5 Å². The van der Waals surface area contributed by atoms with Crippen molar-refractivity contribution in [2.45, 2.75) is 64.4 Å². The van der Waals surface area contributed by atoms with E-state index in [2.05, 4.69) is 46.4 Å². The monoisotopic (exact) mass is 188 g/mol. The normalized spacial score (nSPS) is 16.5. The molecule has 2 atom stereocenters. The molecule has 74 valence electrons. The number of rotatable bonds is 6. The van der Waals surface area contributed by atoms with Crippen molar-refractivity contribution in [3.05, 3.63) is 0 Å². The molecule has 2 unspecified atom stereocenters. The molecule has 0 aromatic carbocycles. The molecule has 0 saturated carbocycles. The Hall–Kier alpha value is 0.350. The minimum atomic E-state index is 0.833. The molecule has 0 nitrogen and oxygen atoms in total. The predicted octanol–water partition coefficient (Wildman–Crippen LogP) is 4.34. The Labute approximate surface area is 82.5 Å². The van der Waals surface area contributed by atoms with Gasteiger partial charge in [-0.05, 0) is 18.8 Å². The topological polar surface area (TPSA) is 0 Å². The summed E-state index contributed by atoms with van der Waals surface area (Å²) in [7, 11) is 0. The lowest BCUT2D eigenvalue weighted by atomic mass is 10.1. The van der Waals surface area contributed by atoms with Gasteiger partial charge in [0.05, 0.1) is 0 Å². The van der Waals surface area contributed by atoms with Crippen molar-refractivity contribution in [3.63, 3.8) is 0 Å². The molecule has 0 aliphatic rings. The van der Waals surface area contributed by atoms with Gasteiger partial charge in [0.2, 0.25) is 0 Å². The fourth-order valence-corrected chi connectivity index (χ4v) is 2.97. The molecule has 1 heteroatoms. The summed E-state index contributed by atoms with van der Waals surface area (Å²) in [5.41, 5.74) is 0. The lowest BCUT2D eigenvalue weighted by Gasteiger charge is -2.22. The van der Waals surface area contributed by atoms with Crippen LogP contribution in [-0.2, 0) is 0 Å². The molecule has 0 bridgehead atoms. The minimum absolute atomic E-state index is 0.833. The van der Waals surface area contributed by atoms with E-state index < -0.39 is 0 Å². The molecule has 0 fully saturated rings. The average Bonchev–Trinajstić information content (AvgIpc) is 2.00. The van der Waals surface area contributed by atoms with Gasteiger partial charge in [0.1, 0.15) is 0 Å². The maximum absolute atomic E-state index is 2.36. The van der Waals surface area contributed by atoms with Crippen LogP contribution in [0.1, 0.15) is 53.9 Å². The Morgan fingerprint density at radius 2 is 1.67 bits per heavy atom. The second-order valence-electron chi connectivity index (χ2n) is 3.93. The molecule has 0 amide bonds. The van der Waals surface area contributed by atoms with E-state index in [0.717, 1.165) is 16.4 Å². The van der Waals surface area contributed by atoms with Crippen LogP contribution in [0.25, 0.3) is 0 Å². The van der Waals surface area contributed by atoms with Crippen molar-refractivity contribution in [2.75, 3.05) is 0 Å². The van der Waals surface area contributed by atoms with Crippen LogP contribution in [0.2, 0.25) is 0 Å². The van der Waals surface area contributed by atoms with Crippen molar-refractivity contribution in [2.24, 2.45) is 5.92 Å². The van der Waals surface area contributed by atoms with E-state index in [4.69, 9.17) is 0 Å². The highest BCUT2D eigenvalue weighted by molar-refractivity contribution is 8.00. The second-order valence-corrected chi connectivity index (χ2v) is 5.61. The summed E-state index contributed by atoms with van der Waals surface area (Å²) in [6.07, 6.45) is 4.01. The first-order chi connectivity index (χ1) is 5.61. The van der Waals surface area contributed by atoms with Crippen molar-refractivity contribution < 1.29 is 0 Å². The van der Waals surface area contributed by atoms with Gasteiger partial charge < -0.3 is 0 Å². The molecule has 0 radical (unpaired) electrons. The van der Waals surface area contributed by atoms with E-state index in [1.54, 1.807) is 0 Å². The zero-order valence-corrected chi connectivity index (χ0v) is 10.1. The molecule has 0 spiro atoms. The summed E-state index contributed by atoms with van der Waals surface area (Å²) in [6, 6.07) is 0. The second kappa shape index (κ2) is 6.82. The number of thioether (sulfide) groups is 1. The molecule has 0 N–H and O–H groups in total. The first-order valence-electron chi connectivity index (χ1n) is 5.27. The number of hydrogen-bond acceptors (Lipinski definition) is 1. The third kappa shape index (κ3) is 5.08. The molecule has 0 aliphatic carbocycles. The maximum Gasteiger partial charge on any atom is 0.00701 e. The molecular formula is C11H24S. The summed E-state index contributed by atoms with van der Waals surface area (Å²) in [5.74, 6) is 0.833. The number of hydrogen-bond donors (Lipinski definition) is 0. The molecule has 0 aromatic rings. The van der Waals surface area contributed by atoms with Gasteiger partial charge in [-0.15, -0.1) is 0 Å². The third-order valence-electron chi connectivity index (χ3n) is 2.25. The molecule has 0 heterocycles. The third-order valence-corrected chi connectivity index (χ3v) is 4.18. The Bertz CT molecular complexity index is 99.2. The Balaban J connectivity index is 3.69. The highest BCUT2D eigenvalue weighted by atomic mass is 32.2. The van der Waals surface area contributed by atoms with E-state index in [-0.39, 0.29) is 0 Å². The van der Waals surface area contributed by atoms with Crippen LogP contribution < -0.4 is 0 Å². The van der Waals surface area contributed by atoms with Gasteiger partial charge in [-0.3, -0.25) is 0 Å². The van der Waals surface area contributed by atoms with Gasteiger partial charge >= 0.3 is 0 Å². The molecule has 0 aliphatic heterocycles. The van der Waals surface area contributed by atoms with Crippen LogP contribution in [0.3, 0.4) is 0 Å². The van der Waals surface area contributed by atoms with E-state index in [1.165, 1.54) is 19.3 Å². The zero-order valence-electron chi connectivity index (χ0n) is 9.26. The zero-order chi connectivity index (χ0) is 9.56. The lowest BCUT2D eigenvalue weighted by molar-refractivity contribution is 0.589. The van der Waals surface area contributed by atoms with E-state index in [1.807, 2.05) is 0 Å². The van der Waals surface area contributed by atoms with Crippen molar-refractivity contribution in [1.82, 2.24) is 0 Å². The standard InChI is InChI=1S/C11H24S/c1-6-8-10(5)12-11(7-2)9(3)4/h9-11H,6-8H2,1-5H3. The summed E-state index contributed by atoms with van der Waals surface area (Å²) in [5, 5.41) is 1.72. The highest BCUT2D eigenvalue weighted by Gasteiger charge is 2.14. The van der Waals surface area contributed by atoms with Gasteiger partial charge in [-0.1, -0.05) is 41.0 Å². The summed E-state index contributed by atoms with van der Waals surface area (Å²) >= 11 is 2.18. The van der Waals surface area contributed by atoms with Crippen molar-refractivity contribution in [1.29, 1.82) is 0 Å². The van der Waals surface area contributed by atoms with E-state index in [0.29, 0.717) is 0 Å². The van der Waals surface area contributed by atoms with Crippen molar-refractivity contribution in [3.8, 4) is 0 Å². The highest BCUT2D eigenvalue weighted by Crippen LogP contribution is 2.28. The van der Waals surface area contributed by atoms with Crippen LogP contribution in [0, 0.1) is 5.92 Å². The first kappa shape index (κ1) is 12.3. The van der Waals surface area contributed by atoms with Gasteiger partial charge in [-0.25, -0.2) is 0 Å². The molecule has 0 aromatic heterocycles. The van der Waals surface area contributed by atoms with Crippen LogP contribution in [0.15, 0.2) is 0 Å². The van der Waals surface area contributed by atoms with Gasteiger partial charge in [0.15, 0.2) is 0 Å². The average molecular weight is 188 g/mol. The van der Waals surface area contributed by atoms with E-state index in [9.17, 15) is 0 Å². The fraction of sp³-hybridized carbons (Fsp3) is 1.00. The largest absolute Gasteiger partial charge is 0.155 e. The van der Waals surface area contributed by atoms with Crippen LogP contribution in [0.5, 0.6) is 0 Å². The molecular weight excluding hydrogens is 164 g/mol. The lowest BCUT2D eigenvalue weighted by Crippen LogP contribution is -2.13. The predicted molar refractivity (Wildman–Crippen MR) is 60.9 cm³/mol. The van der Waals surface area contributed by atoms with Gasteiger partial charge in [-0.2, -0.15) is 11.8 Å². The molecule has 12 heavy (non-hydrogen) atoms. The molecule has 0 saturated heterocycles. The van der Waals surface area contributed by atoms with Crippen molar-refractivity contribution >= 4 is 11.8 Å². The first-order valence-corrected chi connectivity index (χ1v) is 6.21. The minimum Gasteiger partial charge on any atom is -0.155 e. The summed E-state index contributed by atoms with van der Waals surface area (Å²) in [4.78, 5) is 0.